The van der Waals surface area contributed by atoms with Crippen LogP contribution in [0.4, 0.5) is 17.1 Å². The molecule has 2 N–H and O–H groups in total. The number of nitrogens with zero attached hydrogens (tertiary/aromatic N) is 2. The molecule has 2 aliphatic rings. The summed E-state index contributed by atoms with van der Waals surface area (Å²) in [6, 6.07) is 12.9. The Bertz CT molecular complexity index is 1020. The molecule has 0 saturated carbocycles. The number of ether oxygens (including phenoxy) is 1. The third kappa shape index (κ3) is 4.31. The average molecular weight is 437 g/mol. The van der Waals surface area contributed by atoms with Gasteiger partial charge >= 0.3 is 0 Å². The Hall–Kier alpha value is -3.39. The van der Waals surface area contributed by atoms with Gasteiger partial charge in [-0.1, -0.05) is 12.1 Å². The summed E-state index contributed by atoms with van der Waals surface area (Å²) in [4.78, 5) is 43.3. The highest BCUT2D eigenvalue weighted by Gasteiger charge is 2.45. The Morgan fingerprint density at radius 1 is 1.03 bits per heavy atom. The van der Waals surface area contributed by atoms with Crippen molar-refractivity contribution in [1.29, 1.82) is 0 Å². The Balaban J connectivity index is 1.58. The van der Waals surface area contributed by atoms with Crippen molar-refractivity contribution in [2.24, 2.45) is 0 Å². The van der Waals surface area contributed by atoms with E-state index in [0.717, 1.165) is 18.8 Å². The van der Waals surface area contributed by atoms with Crippen LogP contribution in [0.2, 0.25) is 0 Å². The lowest BCUT2D eigenvalue weighted by Gasteiger charge is -2.38. The number of anilines is 3. The second kappa shape index (κ2) is 8.63. The first-order valence-corrected chi connectivity index (χ1v) is 10.7. The number of carbonyl (C=O) groups is 3. The third-order valence-corrected chi connectivity index (χ3v) is 5.62. The molecule has 2 aromatic carbocycles. The molecule has 1 saturated heterocycles. The maximum atomic E-state index is 13.4. The van der Waals surface area contributed by atoms with Gasteiger partial charge in [-0.25, -0.2) is 0 Å². The fourth-order valence-corrected chi connectivity index (χ4v) is 4.06. The molecule has 0 radical (unpaired) electrons. The van der Waals surface area contributed by atoms with E-state index in [4.69, 9.17) is 4.74 Å². The topological polar surface area (TPSA) is 91.0 Å². The second-order valence-electron chi connectivity index (χ2n) is 8.92. The average Bonchev–Trinajstić information content (AvgIpc) is 2.88. The number of fused-ring (bicyclic) bond motifs is 1. The minimum Gasteiger partial charge on any atom is -0.378 e. The van der Waals surface area contributed by atoms with Crippen molar-refractivity contribution in [3.63, 3.8) is 0 Å². The molecule has 8 heteroatoms. The molecule has 0 bridgehead atoms. The van der Waals surface area contributed by atoms with E-state index in [9.17, 15) is 14.4 Å². The fraction of sp³-hybridized carbons (Fsp3) is 0.375. The van der Waals surface area contributed by atoms with Gasteiger partial charge in [-0.2, -0.15) is 0 Å². The van der Waals surface area contributed by atoms with E-state index in [2.05, 4.69) is 15.5 Å². The lowest BCUT2D eigenvalue weighted by molar-refractivity contribution is -0.132. The van der Waals surface area contributed by atoms with E-state index in [1.54, 1.807) is 36.4 Å². The summed E-state index contributed by atoms with van der Waals surface area (Å²) in [5, 5.41) is 5.56. The van der Waals surface area contributed by atoms with Gasteiger partial charge in [-0.05, 0) is 57.2 Å². The Morgan fingerprint density at radius 3 is 2.34 bits per heavy atom. The predicted octanol–water partition coefficient (Wildman–Crippen LogP) is 2.72. The van der Waals surface area contributed by atoms with E-state index in [-0.39, 0.29) is 5.91 Å². The minimum absolute atomic E-state index is 0.362. The van der Waals surface area contributed by atoms with Crippen molar-refractivity contribution in [3.8, 4) is 0 Å². The van der Waals surface area contributed by atoms with Gasteiger partial charge in [-0.3, -0.25) is 14.4 Å². The summed E-state index contributed by atoms with van der Waals surface area (Å²) in [6.45, 7) is 8.44. The lowest BCUT2D eigenvalue weighted by atomic mass is 10.00. The van der Waals surface area contributed by atoms with Crippen LogP contribution in [0, 0.1) is 0 Å². The van der Waals surface area contributed by atoms with Crippen LogP contribution < -0.4 is 15.5 Å². The number of carbonyl (C=O) groups excluding carboxylic acids is 3. The van der Waals surface area contributed by atoms with Gasteiger partial charge in [0, 0.05) is 30.0 Å². The van der Waals surface area contributed by atoms with Crippen LogP contribution in [-0.4, -0.2) is 60.5 Å². The van der Waals surface area contributed by atoms with Gasteiger partial charge < -0.3 is 25.2 Å². The monoisotopic (exact) mass is 436 g/mol. The Kier molecular flexibility index (Phi) is 5.88. The highest BCUT2D eigenvalue weighted by Crippen LogP contribution is 2.29. The zero-order chi connectivity index (χ0) is 22.9. The molecule has 32 heavy (non-hydrogen) atoms. The molecule has 0 spiro atoms. The first-order chi connectivity index (χ1) is 15.3. The van der Waals surface area contributed by atoms with Gasteiger partial charge in [0.2, 0.25) is 0 Å². The van der Waals surface area contributed by atoms with E-state index >= 15 is 0 Å². The minimum atomic E-state index is -1.31. The highest BCUT2D eigenvalue weighted by molar-refractivity contribution is 6.20. The van der Waals surface area contributed by atoms with Gasteiger partial charge in [0.05, 0.1) is 24.5 Å². The molecule has 0 aliphatic carbocycles. The number of benzene rings is 2. The van der Waals surface area contributed by atoms with Crippen LogP contribution in [0.3, 0.4) is 0 Å². The summed E-state index contributed by atoms with van der Waals surface area (Å²) in [7, 11) is 0. The van der Waals surface area contributed by atoms with Crippen LogP contribution in [-0.2, 0) is 14.3 Å². The van der Waals surface area contributed by atoms with E-state index in [1.165, 1.54) is 4.90 Å². The molecule has 2 aliphatic heterocycles. The number of morpholine rings is 1. The lowest BCUT2D eigenvalue weighted by Crippen LogP contribution is -2.59. The van der Waals surface area contributed by atoms with Crippen LogP contribution in [0.5, 0.6) is 0 Å². The third-order valence-electron chi connectivity index (χ3n) is 5.62. The standard InChI is InChI=1S/C24H28N4O4/c1-24(2,3)28-20(22(30)26-19-7-5-4-6-18(19)23(28)31)21(29)25-16-8-10-17(11-9-16)27-12-14-32-15-13-27/h4-11,20H,12-15H2,1-3H3,(H,25,29)(H,26,30). The normalized spacial score (nSPS) is 19.2. The van der Waals surface area contributed by atoms with Crippen molar-refractivity contribution < 1.29 is 19.1 Å². The summed E-state index contributed by atoms with van der Waals surface area (Å²) in [5.41, 5.74) is 1.61. The van der Waals surface area contributed by atoms with Crippen molar-refractivity contribution >= 4 is 34.8 Å². The number of rotatable bonds is 3. The van der Waals surface area contributed by atoms with Crippen molar-refractivity contribution in [1.82, 2.24) is 4.90 Å². The van der Waals surface area contributed by atoms with Crippen molar-refractivity contribution in [3.05, 3.63) is 54.1 Å². The molecule has 1 fully saturated rings. The maximum absolute atomic E-state index is 13.4. The summed E-state index contributed by atoms with van der Waals surface area (Å²) in [5.74, 6) is -1.47. The Morgan fingerprint density at radius 2 is 1.69 bits per heavy atom. The van der Waals surface area contributed by atoms with Crippen molar-refractivity contribution in [2.45, 2.75) is 32.4 Å². The molecule has 8 nitrogen and oxygen atoms in total. The van der Waals surface area contributed by atoms with Crippen LogP contribution in [0.25, 0.3) is 0 Å². The molecule has 2 heterocycles. The SMILES string of the molecule is CC(C)(C)N1C(=O)c2ccccc2NC(=O)C1C(=O)Nc1ccc(N2CCOCC2)cc1. The van der Waals surface area contributed by atoms with Crippen LogP contribution >= 0.6 is 0 Å². The first-order valence-electron chi connectivity index (χ1n) is 10.7. The van der Waals surface area contributed by atoms with E-state index in [0.29, 0.717) is 30.2 Å². The first kappa shape index (κ1) is 21.8. The fourth-order valence-electron chi connectivity index (χ4n) is 4.06. The van der Waals surface area contributed by atoms with Crippen LogP contribution in [0.1, 0.15) is 31.1 Å². The molecule has 1 atom stereocenters. The van der Waals surface area contributed by atoms with Crippen LogP contribution in [0.15, 0.2) is 48.5 Å². The predicted molar refractivity (Wildman–Crippen MR) is 123 cm³/mol. The van der Waals surface area contributed by atoms with Gasteiger partial charge in [0.15, 0.2) is 6.04 Å². The quantitative estimate of drug-likeness (QED) is 0.722. The smallest absolute Gasteiger partial charge is 0.257 e. The van der Waals surface area contributed by atoms with Gasteiger partial charge in [0.25, 0.3) is 17.7 Å². The second-order valence-corrected chi connectivity index (χ2v) is 8.92. The zero-order valence-corrected chi connectivity index (χ0v) is 18.6. The molecule has 2 aromatic rings. The Labute approximate surface area is 187 Å². The van der Waals surface area contributed by atoms with Gasteiger partial charge in [0.1, 0.15) is 0 Å². The van der Waals surface area contributed by atoms with Gasteiger partial charge in [-0.15, -0.1) is 0 Å². The number of para-hydroxylation sites is 1. The number of amides is 3. The van der Waals surface area contributed by atoms with Crippen molar-refractivity contribution in [2.75, 3.05) is 41.8 Å². The van der Waals surface area contributed by atoms with E-state index in [1.807, 2.05) is 32.9 Å². The number of nitrogens with one attached hydrogen (secondary N) is 2. The summed E-state index contributed by atoms with van der Waals surface area (Å²) >= 11 is 0. The maximum Gasteiger partial charge on any atom is 0.257 e. The van der Waals surface area contributed by atoms with E-state index < -0.39 is 23.4 Å². The largest absolute Gasteiger partial charge is 0.378 e. The molecule has 168 valence electrons. The molecule has 4 rings (SSSR count). The zero-order valence-electron chi connectivity index (χ0n) is 18.6. The molecule has 3 amide bonds. The molecule has 0 aromatic heterocycles. The summed E-state index contributed by atoms with van der Waals surface area (Å²) in [6.07, 6.45) is 0. The molecular formula is C24H28N4O4. The highest BCUT2D eigenvalue weighted by atomic mass is 16.5. The summed E-state index contributed by atoms with van der Waals surface area (Å²) < 4.78 is 5.39. The molecule has 1 unspecified atom stereocenters. The molecular weight excluding hydrogens is 408 g/mol. The number of hydrogen-bond acceptors (Lipinski definition) is 5. The number of hydrogen-bond donors (Lipinski definition) is 2.